The van der Waals surface area contributed by atoms with Gasteiger partial charge in [0.15, 0.2) is 0 Å². The SMILES string of the molecule is C/C=C/c1cccc2c1c1cc(-c3ccc(-n4ccc5ccccc54)cc3)c3ccccc3c1n2-c1ccccc1. The molecule has 6 aromatic carbocycles. The minimum atomic E-state index is 1.16. The van der Waals surface area contributed by atoms with Crippen molar-refractivity contribution in [2.75, 3.05) is 0 Å². The van der Waals surface area contributed by atoms with Gasteiger partial charge in [-0.15, -0.1) is 0 Å². The van der Waals surface area contributed by atoms with Gasteiger partial charge in [-0.1, -0.05) is 97.1 Å². The molecule has 0 saturated heterocycles. The molecular formula is C39H28N2. The summed E-state index contributed by atoms with van der Waals surface area (Å²) in [5.74, 6) is 0. The minimum absolute atomic E-state index is 1.16. The molecule has 0 aliphatic carbocycles. The summed E-state index contributed by atoms with van der Waals surface area (Å²) in [6, 6.07) is 48.3. The van der Waals surface area contributed by atoms with Gasteiger partial charge < -0.3 is 9.13 Å². The van der Waals surface area contributed by atoms with Gasteiger partial charge in [0.25, 0.3) is 0 Å². The van der Waals surface area contributed by atoms with E-state index in [2.05, 4.69) is 168 Å². The fraction of sp³-hybridized carbons (Fsp3) is 0.0256. The molecule has 2 heteroatoms. The molecule has 0 bridgehead atoms. The number of rotatable bonds is 4. The number of hydrogen-bond acceptors (Lipinski definition) is 0. The first-order chi connectivity index (χ1) is 20.3. The summed E-state index contributed by atoms with van der Waals surface area (Å²) in [6.07, 6.45) is 6.51. The van der Waals surface area contributed by atoms with Crippen molar-refractivity contribution < 1.29 is 0 Å². The zero-order chi connectivity index (χ0) is 27.3. The summed E-state index contributed by atoms with van der Waals surface area (Å²) < 4.78 is 4.70. The van der Waals surface area contributed by atoms with Crippen LogP contribution in [-0.2, 0) is 0 Å². The highest BCUT2D eigenvalue weighted by Crippen LogP contribution is 2.42. The maximum absolute atomic E-state index is 2.43. The summed E-state index contributed by atoms with van der Waals surface area (Å²) in [7, 11) is 0. The van der Waals surface area contributed by atoms with Crippen LogP contribution in [0.3, 0.4) is 0 Å². The molecule has 0 amide bonds. The van der Waals surface area contributed by atoms with Crippen molar-refractivity contribution in [2.24, 2.45) is 0 Å². The fourth-order valence-electron chi connectivity index (χ4n) is 6.46. The fourth-order valence-corrected chi connectivity index (χ4v) is 6.46. The van der Waals surface area contributed by atoms with E-state index in [1.807, 2.05) is 0 Å². The summed E-state index contributed by atoms with van der Waals surface area (Å²) in [5.41, 5.74) is 9.73. The zero-order valence-corrected chi connectivity index (χ0v) is 22.8. The standard InChI is InChI=1S/C39H28N2/c1-2-11-29-13-10-19-37-38(29)35-26-34(27-20-22-30(23-21-27)40-25-24-28-12-6-9-18-36(28)40)32-16-7-8-17-33(32)39(35)41(37)31-14-4-3-5-15-31/h2-26H,1H3/b11-2+. The first kappa shape index (κ1) is 23.5. The van der Waals surface area contributed by atoms with Crippen LogP contribution in [-0.4, -0.2) is 9.13 Å². The van der Waals surface area contributed by atoms with Gasteiger partial charge in [0.1, 0.15) is 0 Å². The predicted octanol–water partition coefficient (Wildman–Crippen LogP) is 10.6. The lowest BCUT2D eigenvalue weighted by atomic mass is 9.94. The third-order valence-corrected chi connectivity index (χ3v) is 8.24. The number of fused-ring (bicyclic) bond motifs is 6. The number of nitrogens with zero attached hydrogens (tertiary/aromatic N) is 2. The van der Waals surface area contributed by atoms with Crippen molar-refractivity contribution in [3.8, 4) is 22.5 Å². The molecule has 0 N–H and O–H groups in total. The Hall–Kier alpha value is -5.34. The largest absolute Gasteiger partial charge is 0.317 e. The van der Waals surface area contributed by atoms with Crippen molar-refractivity contribution in [1.29, 1.82) is 0 Å². The molecule has 0 aliphatic rings. The zero-order valence-electron chi connectivity index (χ0n) is 22.8. The van der Waals surface area contributed by atoms with Crippen LogP contribution in [0.15, 0.2) is 146 Å². The van der Waals surface area contributed by atoms with Crippen LogP contribution in [0.25, 0.3) is 72.1 Å². The first-order valence-corrected chi connectivity index (χ1v) is 14.2. The molecule has 0 spiro atoms. The molecule has 194 valence electrons. The van der Waals surface area contributed by atoms with E-state index in [4.69, 9.17) is 0 Å². The summed E-state index contributed by atoms with van der Waals surface area (Å²) in [4.78, 5) is 0. The van der Waals surface area contributed by atoms with E-state index in [1.54, 1.807) is 0 Å². The second kappa shape index (κ2) is 9.39. The number of hydrogen-bond donors (Lipinski definition) is 0. The molecule has 8 rings (SSSR count). The predicted molar refractivity (Wildman–Crippen MR) is 175 cm³/mol. The molecule has 0 unspecified atom stereocenters. The van der Waals surface area contributed by atoms with Gasteiger partial charge in [0.2, 0.25) is 0 Å². The van der Waals surface area contributed by atoms with Gasteiger partial charge in [0, 0.05) is 33.7 Å². The maximum Gasteiger partial charge on any atom is 0.0620 e. The molecule has 0 atom stereocenters. The van der Waals surface area contributed by atoms with Gasteiger partial charge in [-0.2, -0.15) is 0 Å². The Morgan fingerprint density at radius 1 is 0.561 bits per heavy atom. The van der Waals surface area contributed by atoms with Crippen LogP contribution in [0, 0.1) is 0 Å². The van der Waals surface area contributed by atoms with Gasteiger partial charge >= 0.3 is 0 Å². The smallest absolute Gasteiger partial charge is 0.0620 e. The Balaban J connectivity index is 1.42. The van der Waals surface area contributed by atoms with Crippen molar-refractivity contribution in [1.82, 2.24) is 9.13 Å². The second-order valence-electron chi connectivity index (χ2n) is 10.6. The number of para-hydroxylation sites is 2. The van der Waals surface area contributed by atoms with E-state index < -0.39 is 0 Å². The molecule has 0 saturated carbocycles. The molecule has 41 heavy (non-hydrogen) atoms. The van der Waals surface area contributed by atoms with E-state index in [1.165, 1.54) is 65.9 Å². The highest BCUT2D eigenvalue weighted by molar-refractivity contribution is 6.23. The lowest BCUT2D eigenvalue weighted by Gasteiger charge is -2.13. The molecule has 2 nitrogen and oxygen atoms in total. The van der Waals surface area contributed by atoms with Crippen molar-refractivity contribution >= 4 is 49.6 Å². The quantitative estimate of drug-likeness (QED) is 0.217. The van der Waals surface area contributed by atoms with Crippen LogP contribution in [0.2, 0.25) is 0 Å². The van der Waals surface area contributed by atoms with Gasteiger partial charge in [-0.3, -0.25) is 0 Å². The van der Waals surface area contributed by atoms with E-state index >= 15 is 0 Å². The topological polar surface area (TPSA) is 9.86 Å². The van der Waals surface area contributed by atoms with Crippen LogP contribution in [0.1, 0.15) is 12.5 Å². The number of allylic oxidation sites excluding steroid dienone is 1. The summed E-state index contributed by atoms with van der Waals surface area (Å²) in [6.45, 7) is 2.09. The average Bonchev–Trinajstić information content (AvgIpc) is 3.61. The monoisotopic (exact) mass is 524 g/mol. The molecule has 0 fully saturated rings. The molecule has 0 aliphatic heterocycles. The minimum Gasteiger partial charge on any atom is -0.317 e. The second-order valence-corrected chi connectivity index (χ2v) is 10.6. The molecule has 2 aromatic heterocycles. The third-order valence-electron chi connectivity index (χ3n) is 8.24. The van der Waals surface area contributed by atoms with Crippen molar-refractivity contribution in [3.05, 3.63) is 151 Å². The molecule has 2 heterocycles. The Morgan fingerprint density at radius 2 is 1.29 bits per heavy atom. The Morgan fingerprint density at radius 3 is 2.12 bits per heavy atom. The van der Waals surface area contributed by atoms with Crippen LogP contribution < -0.4 is 0 Å². The number of benzene rings is 6. The summed E-state index contributed by atoms with van der Waals surface area (Å²) in [5, 5.41) is 6.32. The van der Waals surface area contributed by atoms with E-state index in [9.17, 15) is 0 Å². The first-order valence-electron chi connectivity index (χ1n) is 14.2. The number of aromatic nitrogens is 2. The van der Waals surface area contributed by atoms with Crippen LogP contribution in [0.4, 0.5) is 0 Å². The van der Waals surface area contributed by atoms with Gasteiger partial charge in [0.05, 0.1) is 16.6 Å². The Labute approximate surface area is 239 Å². The Kier molecular flexibility index (Phi) is 5.39. The molecule has 0 radical (unpaired) electrons. The molecule has 8 aromatic rings. The third kappa shape index (κ3) is 3.65. The van der Waals surface area contributed by atoms with E-state index in [0.717, 1.165) is 5.69 Å². The Bertz CT molecular complexity index is 2240. The van der Waals surface area contributed by atoms with Gasteiger partial charge in [-0.05, 0) is 82.9 Å². The lowest BCUT2D eigenvalue weighted by molar-refractivity contribution is 1.13. The lowest BCUT2D eigenvalue weighted by Crippen LogP contribution is -1.95. The van der Waals surface area contributed by atoms with Crippen molar-refractivity contribution in [2.45, 2.75) is 6.92 Å². The normalized spacial score (nSPS) is 11.9. The highest BCUT2D eigenvalue weighted by atomic mass is 15.0. The summed E-state index contributed by atoms with van der Waals surface area (Å²) >= 11 is 0. The van der Waals surface area contributed by atoms with Crippen LogP contribution >= 0.6 is 0 Å². The van der Waals surface area contributed by atoms with Crippen LogP contribution in [0.5, 0.6) is 0 Å². The van der Waals surface area contributed by atoms with E-state index in [-0.39, 0.29) is 0 Å². The maximum atomic E-state index is 2.43. The van der Waals surface area contributed by atoms with E-state index in [0.29, 0.717) is 0 Å². The molecular weight excluding hydrogens is 496 g/mol. The highest BCUT2D eigenvalue weighted by Gasteiger charge is 2.19. The van der Waals surface area contributed by atoms with Crippen molar-refractivity contribution in [3.63, 3.8) is 0 Å². The van der Waals surface area contributed by atoms with Gasteiger partial charge in [-0.25, -0.2) is 0 Å². The average molecular weight is 525 g/mol.